The Morgan fingerprint density at radius 2 is 1.43 bits per heavy atom. The minimum Gasteiger partial charge on any atom is -0.426 e. The highest BCUT2D eigenvalue weighted by molar-refractivity contribution is 5.75. The normalized spacial score (nSPS) is 15.6. The van der Waals surface area contributed by atoms with E-state index in [4.69, 9.17) is 4.74 Å². The van der Waals surface area contributed by atoms with E-state index in [2.05, 4.69) is 12.1 Å². The van der Waals surface area contributed by atoms with Crippen molar-refractivity contribution in [2.24, 2.45) is 5.92 Å². The summed E-state index contributed by atoms with van der Waals surface area (Å²) in [7, 11) is 0. The molecule has 0 amide bonds. The van der Waals surface area contributed by atoms with Gasteiger partial charge in [-0.05, 0) is 36.1 Å². The Morgan fingerprint density at radius 1 is 0.810 bits per heavy atom. The second kappa shape index (κ2) is 6.57. The Hall–Kier alpha value is -2.09. The van der Waals surface area contributed by atoms with Crippen LogP contribution in [-0.2, 0) is 4.79 Å². The van der Waals surface area contributed by atoms with Crippen LogP contribution in [0.3, 0.4) is 0 Å². The topological polar surface area (TPSA) is 26.3 Å². The van der Waals surface area contributed by atoms with Crippen LogP contribution < -0.4 is 4.74 Å². The average Bonchev–Trinajstić information content (AvgIpc) is 2.57. The van der Waals surface area contributed by atoms with Gasteiger partial charge in [0.15, 0.2) is 0 Å². The Kier molecular flexibility index (Phi) is 4.34. The smallest absolute Gasteiger partial charge is 0.314 e. The lowest BCUT2D eigenvalue weighted by Gasteiger charge is -2.19. The average molecular weight is 280 g/mol. The molecule has 2 aromatic rings. The third kappa shape index (κ3) is 3.52. The van der Waals surface area contributed by atoms with Gasteiger partial charge in [-0.3, -0.25) is 4.79 Å². The standard InChI is InChI=1S/C19H20O2/c20-19(17-9-5-2-6-10-17)21-18-13-11-16(12-14-18)15-7-3-1-4-8-15/h1,3-4,7-8,11-14,17H,2,5-6,9-10H2. The second-order valence-electron chi connectivity index (χ2n) is 5.65. The van der Waals surface area contributed by atoms with Gasteiger partial charge in [-0.1, -0.05) is 61.7 Å². The molecule has 0 radical (unpaired) electrons. The molecule has 2 aromatic carbocycles. The van der Waals surface area contributed by atoms with Gasteiger partial charge < -0.3 is 4.74 Å². The van der Waals surface area contributed by atoms with Crippen LogP contribution in [0.15, 0.2) is 54.6 Å². The molecule has 108 valence electrons. The predicted molar refractivity (Wildman–Crippen MR) is 84.1 cm³/mol. The van der Waals surface area contributed by atoms with Crippen molar-refractivity contribution in [1.82, 2.24) is 0 Å². The summed E-state index contributed by atoms with van der Waals surface area (Å²) < 4.78 is 5.51. The molecule has 0 spiro atoms. The van der Waals surface area contributed by atoms with E-state index in [1.807, 2.05) is 42.5 Å². The molecular formula is C19H20O2. The molecule has 21 heavy (non-hydrogen) atoms. The first-order chi connectivity index (χ1) is 10.3. The fourth-order valence-corrected chi connectivity index (χ4v) is 2.88. The van der Waals surface area contributed by atoms with Crippen molar-refractivity contribution in [3.8, 4) is 16.9 Å². The number of hydrogen-bond acceptors (Lipinski definition) is 2. The van der Waals surface area contributed by atoms with Gasteiger partial charge in [0.1, 0.15) is 5.75 Å². The van der Waals surface area contributed by atoms with Crippen molar-refractivity contribution in [2.45, 2.75) is 32.1 Å². The highest BCUT2D eigenvalue weighted by Crippen LogP contribution is 2.27. The van der Waals surface area contributed by atoms with Crippen LogP contribution in [0.1, 0.15) is 32.1 Å². The summed E-state index contributed by atoms with van der Waals surface area (Å²) >= 11 is 0. The van der Waals surface area contributed by atoms with E-state index in [9.17, 15) is 4.79 Å². The summed E-state index contributed by atoms with van der Waals surface area (Å²) in [6, 6.07) is 17.9. The van der Waals surface area contributed by atoms with Gasteiger partial charge in [0.25, 0.3) is 0 Å². The maximum absolute atomic E-state index is 12.1. The molecule has 1 saturated carbocycles. The van der Waals surface area contributed by atoms with Crippen molar-refractivity contribution in [3.63, 3.8) is 0 Å². The van der Waals surface area contributed by atoms with Crippen LogP contribution in [0.25, 0.3) is 11.1 Å². The molecule has 1 aliphatic carbocycles. The van der Waals surface area contributed by atoms with Crippen LogP contribution in [-0.4, -0.2) is 5.97 Å². The summed E-state index contributed by atoms with van der Waals surface area (Å²) in [6.07, 6.45) is 5.48. The van der Waals surface area contributed by atoms with Gasteiger partial charge in [-0.2, -0.15) is 0 Å². The maximum Gasteiger partial charge on any atom is 0.314 e. The predicted octanol–water partition coefficient (Wildman–Crippen LogP) is 4.84. The van der Waals surface area contributed by atoms with Crippen molar-refractivity contribution in [3.05, 3.63) is 54.6 Å². The third-order valence-corrected chi connectivity index (χ3v) is 4.12. The van der Waals surface area contributed by atoms with E-state index < -0.39 is 0 Å². The number of rotatable bonds is 3. The number of carbonyl (C=O) groups excluding carboxylic acids is 1. The molecule has 3 rings (SSSR count). The van der Waals surface area contributed by atoms with Crippen molar-refractivity contribution in [1.29, 1.82) is 0 Å². The fraction of sp³-hybridized carbons (Fsp3) is 0.316. The fourth-order valence-electron chi connectivity index (χ4n) is 2.88. The van der Waals surface area contributed by atoms with Crippen LogP contribution in [0.5, 0.6) is 5.75 Å². The molecule has 0 aliphatic heterocycles. The first kappa shape index (κ1) is 13.9. The number of carbonyl (C=O) groups is 1. The maximum atomic E-state index is 12.1. The monoisotopic (exact) mass is 280 g/mol. The van der Waals surface area contributed by atoms with Crippen molar-refractivity contribution < 1.29 is 9.53 Å². The largest absolute Gasteiger partial charge is 0.426 e. The Bertz CT molecular complexity index is 581. The van der Waals surface area contributed by atoms with E-state index in [0.717, 1.165) is 31.2 Å². The molecule has 1 fully saturated rings. The van der Waals surface area contributed by atoms with Gasteiger partial charge in [0.05, 0.1) is 5.92 Å². The zero-order valence-corrected chi connectivity index (χ0v) is 12.1. The van der Waals surface area contributed by atoms with E-state index >= 15 is 0 Å². The summed E-state index contributed by atoms with van der Waals surface area (Å²) in [4.78, 5) is 12.1. The second-order valence-corrected chi connectivity index (χ2v) is 5.65. The first-order valence-electron chi connectivity index (χ1n) is 7.70. The molecule has 2 nitrogen and oxygen atoms in total. The summed E-state index contributed by atoms with van der Waals surface area (Å²) in [6.45, 7) is 0. The van der Waals surface area contributed by atoms with E-state index in [1.54, 1.807) is 0 Å². The van der Waals surface area contributed by atoms with Gasteiger partial charge >= 0.3 is 5.97 Å². The zero-order valence-electron chi connectivity index (χ0n) is 12.1. The Labute approximate surface area is 125 Å². The number of ether oxygens (including phenoxy) is 1. The molecule has 0 unspecified atom stereocenters. The van der Waals surface area contributed by atoms with Crippen molar-refractivity contribution in [2.75, 3.05) is 0 Å². The van der Waals surface area contributed by atoms with Crippen LogP contribution in [0.4, 0.5) is 0 Å². The van der Waals surface area contributed by atoms with Crippen molar-refractivity contribution >= 4 is 5.97 Å². The van der Waals surface area contributed by atoms with Gasteiger partial charge in [-0.15, -0.1) is 0 Å². The number of hydrogen-bond donors (Lipinski definition) is 0. The van der Waals surface area contributed by atoms with Gasteiger partial charge in [0.2, 0.25) is 0 Å². The van der Waals surface area contributed by atoms with Gasteiger partial charge in [-0.25, -0.2) is 0 Å². The lowest BCUT2D eigenvalue weighted by molar-refractivity contribution is -0.139. The quantitative estimate of drug-likeness (QED) is 0.594. The minimum atomic E-state index is -0.0674. The number of benzene rings is 2. The van der Waals surface area contributed by atoms with E-state index in [0.29, 0.717) is 5.75 Å². The summed E-state index contributed by atoms with van der Waals surface area (Å²) in [5, 5.41) is 0. The lowest BCUT2D eigenvalue weighted by Crippen LogP contribution is -2.22. The first-order valence-corrected chi connectivity index (χ1v) is 7.70. The Balaban J connectivity index is 1.65. The molecule has 0 atom stereocenters. The van der Waals surface area contributed by atoms with E-state index in [1.165, 1.54) is 12.0 Å². The molecule has 1 aliphatic rings. The molecule has 0 aromatic heterocycles. The highest BCUT2D eigenvalue weighted by Gasteiger charge is 2.22. The highest BCUT2D eigenvalue weighted by atomic mass is 16.5. The molecule has 0 N–H and O–H groups in total. The molecule has 0 heterocycles. The van der Waals surface area contributed by atoms with Crippen LogP contribution in [0, 0.1) is 5.92 Å². The van der Waals surface area contributed by atoms with Crippen LogP contribution in [0.2, 0.25) is 0 Å². The SMILES string of the molecule is O=C(Oc1ccc(-c2ccccc2)cc1)C1CCCCC1. The zero-order chi connectivity index (χ0) is 14.5. The van der Waals surface area contributed by atoms with Gasteiger partial charge in [0, 0.05) is 0 Å². The summed E-state index contributed by atoms with van der Waals surface area (Å²) in [5.74, 6) is 0.667. The Morgan fingerprint density at radius 3 is 2.10 bits per heavy atom. The van der Waals surface area contributed by atoms with Crippen LogP contribution >= 0.6 is 0 Å². The minimum absolute atomic E-state index is 0.0674. The van der Waals surface area contributed by atoms with E-state index in [-0.39, 0.29) is 11.9 Å². The molecule has 0 bridgehead atoms. The summed E-state index contributed by atoms with van der Waals surface area (Å²) in [5.41, 5.74) is 2.30. The molecule has 0 saturated heterocycles. The number of esters is 1. The third-order valence-electron chi connectivity index (χ3n) is 4.12. The lowest BCUT2D eigenvalue weighted by atomic mass is 9.89. The molecule has 2 heteroatoms. The molecular weight excluding hydrogens is 260 g/mol.